The van der Waals surface area contributed by atoms with Gasteiger partial charge in [-0.2, -0.15) is 0 Å². The van der Waals surface area contributed by atoms with Gasteiger partial charge >= 0.3 is 0 Å². The van der Waals surface area contributed by atoms with Crippen LogP contribution in [0.4, 0.5) is 0 Å². The summed E-state index contributed by atoms with van der Waals surface area (Å²) in [6.07, 6.45) is 0.678. The number of rotatable bonds is 8. The van der Waals surface area contributed by atoms with Gasteiger partial charge in [-0.1, -0.05) is 102 Å². The molecule has 5 aromatic rings. The van der Waals surface area contributed by atoms with Crippen molar-refractivity contribution in [3.05, 3.63) is 115 Å². The molecule has 0 aliphatic rings. The van der Waals surface area contributed by atoms with Crippen molar-refractivity contribution in [1.82, 2.24) is 14.1 Å². The van der Waals surface area contributed by atoms with Crippen molar-refractivity contribution < 1.29 is 4.79 Å². The molecule has 2 heterocycles. The predicted octanol–water partition coefficient (Wildman–Crippen LogP) is 6.81. The third kappa shape index (κ3) is 5.23. The van der Waals surface area contributed by atoms with Crippen LogP contribution in [0.3, 0.4) is 0 Å². The highest BCUT2D eigenvalue weighted by Crippen LogP contribution is 2.29. The first kappa shape index (κ1) is 25.3. The molecule has 8 heteroatoms. The van der Waals surface area contributed by atoms with Crippen LogP contribution >= 0.6 is 35.3 Å². The van der Waals surface area contributed by atoms with Crippen molar-refractivity contribution in [2.24, 2.45) is 0 Å². The number of thiazole rings is 1. The minimum atomic E-state index is -0.128. The van der Waals surface area contributed by atoms with Gasteiger partial charge < -0.3 is 0 Å². The molecule has 0 fully saturated rings. The smallest absolute Gasteiger partial charge is 0.273 e. The van der Waals surface area contributed by atoms with Gasteiger partial charge in [-0.25, -0.2) is 4.98 Å². The normalized spacial score (nSPS) is 11.2. The number of hydrogen-bond acceptors (Lipinski definition) is 6. The van der Waals surface area contributed by atoms with Crippen LogP contribution in [-0.2, 0) is 13.0 Å². The molecule has 0 saturated heterocycles. The van der Waals surface area contributed by atoms with E-state index in [4.69, 9.17) is 17.2 Å². The van der Waals surface area contributed by atoms with Crippen LogP contribution in [0.25, 0.3) is 16.0 Å². The van der Waals surface area contributed by atoms with E-state index in [1.165, 1.54) is 23.1 Å². The fraction of sp³-hybridized carbons (Fsp3) is 0.172. The number of ketones is 1. The fourth-order valence-corrected chi connectivity index (χ4v) is 6.56. The quantitative estimate of drug-likeness (QED) is 0.0931. The number of carbonyl (C=O) groups excluding carboxylic acids is 1. The molecule has 0 radical (unpaired) electrons. The summed E-state index contributed by atoms with van der Waals surface area (Å²) in [4.78, 5) is 31.7. The number of Topliss-reactive ketones (excluding diaryl/α,β-unsaturated/α-hetero) is 1. The standard InChI is InChI=1S/C29H25N3O2S3/c1-19-10-9-11-20(2)24(19)32-26-25(37-29(32)35)27(34)31(17-16-21-12-5-3-6-13-21)28(30-26)36-18-23(33)22-14-7-4-8-15-22/h3-15H,16-18H2,1-2H3. The minimum absolute atomic E-state index is 0.00791. The summed E-state index contributed by atoms with van der Waals surface area (Å²) in [5.74, 6) is 0.174. The average Bonchev–Trinajstić information content (AvgIpc) is 3.23. The van der Waals surface area contributed by atoms with Crippen LogP contribution in [0.1, 0.15) is 27.0 Å². The Morgan fingerprint density at radius 2 is 1.59 bits per heavy atom. The molecule has 2 aromatic heterocycles. The van der Waals surface area contributed by atoms with E-state index in [2.05, 4.69) is 0 Å². The van der Waals surface area contributed by atoms with E-state index >= 15 is 0 Å². The number of nitrogens with zero attached hydrogens (tertiary/aromatic N) is 3. The summed E-state index contributed by atoms with van der Waals surface area (Å²) in [7, 11) is 0. The van der Waals surface area contributed by atoms with Gasteiger partial charge in [-0.3, -0.25) is 18.7 Å². The number of aromatic nitrogens is 3. The zero-order chi connectivity index (χ0) is 25.9. The molecule has 0 saturated carbocycles. The molecule has 5 nitrogen and oxygen atoms in total. The largest absolute Gasteiger partial charge is 0.293 e. The van der Waals surface area contributed by atoms with Gasteiger partial charge in [0.05, 0.1) is 11.4 Å². The van der Waals surface area contributed by atoms with Crippen LogP contribution in [0, 0.1) is 17.8 Å². The molecule has 186 valence electrons. The lowest BCUT2D eigenvalue weighted by Crippen LogP contribution is -2.24. The first-order valence-electron chi connectivity index (χ1n) is 11.9. The van der Waals surface area contributed by atoms with E-state index in [1.807, 2.05) is 85.1 Å². The SMILES string of the molecule is Cc1cccc(C)c1-n1c(=S)sc2c(=O)n(CCc3ccccc3)c(SCC(=O)c3ccccc3)nc21. The number of hydrogen-bond donors (Lipinski definition) is 0. The predicted molar refractivity (Wildman–Crippen MR) is 155 cm³/mol. The van der Waals surface area contributed by atoms with E-state index in [9.17, 15) is 9.59 Å². The van der Waals surface area contributed by atoms with Crippen molar-refractivity contribution in [2.75, 3.05) is 5.75 Å². The van der Waals surface area contributed by atoms with Gasteiger partial charge in [0.15, 0.2) is 20.5 Å². The molecule has 0 amide bonds. The van der Waals surface area contributed by atoms with Gasteiger partial charge in [0, 0.05) is 12.1 Å². The second-order valence-electron chi connectivity index (χ2n) is 8.76. The lowest BCUT2D eigenvalue weighted by atomic mass is 10.1. The summed E-state index contributed by atoms with van der Waals surface area (Å²) in [6.45, 7) is 4.52. The number of carbonyl (C=O) groups is 1. The van der Waals surface area contributed by atoms with Gasteiger partial charge in [-0.05, 0) is 49.2 Å². The molecule has 37 heavy (non-hydrogen) atoms. The monoisotopic (exact) mass is 543 g/mol. The Morgan fingerprint density at radius 3 is 2.27 bits per heavy atom. The van der Waals surface area contributed by atoms with Crippen molar-refractivity contribution in [3.8, 4) is 5.69 Å². The Balaban J connectivity index is 1.62. The average molecular weight is 544 g/mol. The third-order valence-electron chi connectivity index (χ3n) is 6.22. The summed E-state index contributed by atoms with van der Waals surface area (Å²) in [5, 5.41) is 0.519. The molecule has 0 aliphatic carbocycles. The summed E-state index contributed by atoms with van der Waals surface area (Å²) in [5.41, 5.74) is 5.25. The Bertz CT molecular complexity index is 1680. The molecule has 3 aromatic carbocycles. The fourth-order valence-electron chi connectivity index (χ4n) is 4.35. The number of thioether (sulfide) groups is 1. The lowest BCUT2D eigenvalue weighted by molar-refractivity contribution is 0.102. The molecule has 0 spiro atoms. The van der Waals surface area contributed by atoms with Gasteiger partial charge in [0.25, 0.3) is 5.56 Å². The van der Waals surface area contributed by atoms with Gasteiger partial charge in [0.1, 0.15) is 4.70 Å². The van der Waals surface area contributed by atoms with Crippen LogP contribution in [0.2, 0.25) is 0 Å². The van der Waals surface area contributed by atoms with Crippen LogP contribution in [0.15, 0.2) is 88.8 Å². The first-order chi connectivity index (χ1) is 17.9. The molecule has 0 N–H and O–H groups in total. The van der Waals surface area contributed by atoms with Crippen molar-refractivity contribution in [2.45, 2.75) is 32.0 Å². The second-order valence-corrected chi connectivity index (χ2v) is 11.3. The van der Waals surface area contributed by atoms with Gasteiger partial charge in [-0.15, -0.1) is 0 Å². The Morgan fingerprint density at radius 1 is 0.946 bits per heavy atom. The highest BCUT2D eigenvalue weighted by molar-refractivity contribution is 7.99. The summed E-state index contributed by atoms with van der Waals surface area (Å²) >= 11 is 8.33. The van der Waals surface area contributed by atoms with Gasteiger partial charge in [0.2, 0.25) is 0 Å². The maximum absolute atomic E-state index is 13.8. The zero-order valence-electron chi connectivity index (χ0n) is 20.5. The number of para-hydroxylation sites is 1. The topological polar surface area (TPSA) is 56.9 Å². The highest BCUT2D eigenvalue weighted by Gasteiger charge is 2.20. The molecule has 0 aliphatic heterocycles. The van der Waals surface area contributed by atoms with E-state index in [-0.39, 0.29) is 17.1 Å². The Hall–Kier alpha value is -3.33. The van der Waals surface area contributed by atoms with Crippen LogP contribution < -0.4 is 5.56 Å². The summed E-state index contributed by atoms with van der Waals surface area (Å²) < 4.78 is 4.71. The van der Waals surface area contributed by atoms with E-state index < -0.39 is 0 Å². The minimum Gasteiger partial charge on any atom is -0.293 e. The molecule has 5 rings (SSSR count). The van der Waals surface area contributed by atoms with E-state index in [0.717, 1.165) is 22.4 Å². The number of benzene rings is 3. The van der Waals surface area contributed by atoms with Crippen molar-refractivity contribution >= 4 is 51.4 Å². The maximum Gasteiger partial charge on any atom is 0.273 e. The summed E-state index contributed by atoms with van der Waals surface area (Å²) in [6, 6.07) is 25.3. The van der Waals surface area contributed by atoms with Crippen LogP contribution in [-0.4, -0.2) is 25.7 Å². The van der Waals surface area contributed by atoms with Crippen molar-refractivity contribution in [1.29, 1.82) is 0 Å². The number of aryl methyl sites for hydroxylation is 3. The molecular formula is C29H25N3O2S3. The molecular weight excluding hydrogens is 519 g/mol. The van der Waals surface area contributed by atoms with Crippen LogP contribution in [0.5, 0.6) is 0 Å². The third-order valence-corrected chi connectivity index (χ3v) is 8.54. The Labute approximate surface area is 228 Å². The first-order valence-corrected chi connectivity index (χ1v) is 14.1. The molecule has 0 atom stereocenters. The Kier molecular flexibility index (Phi) is 7.50. The zero-order valence-corrected chi connectivity index (χ0v) is 23.0. The van der Waals surface area contributed by atoms with E-state index in [1.54, 1.807) is 16.7 Å². The van der Waals surface area contributed by atoms with E-state index in [0.29, 0.717) is 38.0 Å². The number of fused-ring (bicyclic) bond motifs is 1. The maximum atomic E-state index is 13.8. The van der Waals surface area contributed by atoms with Crippen molar-refractivity contribution in [3.63, 3.8) is 0 Å². The molecule has 0 unspecified atom stereocenters. The molecule has 0 bridgehead atoms. The second kappa shape index (κ2) is 11.0. The highest BCUT2D eigenvalue weighted by atomic mass is 32.2. The lowest BCUT2D eigenvalue weighted by Gasteiger charge is -2.14.